The number of aryl methyl sites for hydroxylation is 1. The summed E-state index contributed by atoms with van der Waals surface area (Å²) < 4.78 is 42.0. The number of carbonyl (C=O) groups is 1. The number of amides is 1. The molecule has 1 aromatic carbocycles. The van der Waals surface area contributed by atoms with Gasteiger partial charge >= 0.3 is 6.18 Å². The first-order valence-electron chi connectivity index (χ1n) is 8.83. The van der Waals surface area contributed by atoms with E-state index in [4.69, 9.17) is 23.2 Å². The smallest absolute Gasteiger partial charge is 0.302 e. The Kier molecular flexibility index (Phi) is 5.36. The molecule has 31 heavy (non-hydrogen) atoms. The standard InChI is InChI=1S/C19H13Cl2F3N6O/c1-10-6-15(19(22,23)24)30-16(25-10)7-14(27-30)18(31)26-17-13(21)9-29(28-17)8-11-2-4-12(20)5-3-11/h2-7,9H,8H2,1H3,(H,26,28,31). The zero-order chi connectivity index (χ0) is 22.3. The summed E-state index contributed by atoms with van der Waals surface area (Å²) in [6.07, 6.45) is -3.14. The van der Waals surface area contributed by atoms with Crippen LogP contribution in [0.25, 0.3) is 5.65 Å². The molecule has 7 nitrogen and oxygen atoms in total. The van der Waals surface area contributed by atoms with Crippen LogP contribution in [0.15, 0.2) is 42.6 Å². The Hall–Kier alpha value is -3.11. The number of nitrogens with zero attached hydrogens (tertiary/aromatic N) is 5. The van der Waals surface area contributed by atoms with Crippen molar-refractivity contribution < 1.29 is 18.0 Å². The molecule has 0 saturated carbocycles. The van der Waals surface area contributed by atoms with E-state index in [1.807, 2.05) is 12.1 Å². The van der Waals surface area contributed by atoms with Crippen molar-refractivity contribution >= 4 is 40.6 Å². The maximum atomic E-state index is 13.3. The summed E-state index contributed by atoms with van der Waals surface area (Å²) in [6, 6.07) is 9.13. The lowest BCUT2D eigenvalue weighted by Crippen LogP contribution is -2.16. The highest BCUT2D eigenvalue weighted by Crippen LogP contribution is 2.30. The zero-order valence-electron chi connectivity index (χ0n) is 15.8. The van der Waals surface area contributed by atoms with Crippen LogP contribution in [0, 0.1) is 6.92 Å². The summed E-state index contributed by atoms with van der Waals surface area (Å²) in [5, 5.41) is 11.2. The van der Waals surface area contributed by atoms with Crippen molar-refractivity contribution in [2.45, 2.75) is 19.6 Å². The first kappa shape index (κ1) is 21.1. The van der Waals surface area contributed by atoms with E-state index in [9.17, 15) is 18.0 Å². The maximum absolute atomic E-state index is 13.3. The van der Waals surface area contributed by atoms with Crippen LogP contribution in [0.3, 0.4) is 0 Å². The number of anilines is 1. The minimum Gasteiger partial charge on any atom is -0.302 e. The number of fused-ring (bicyclic) bond motifs is 1. The molecular weight excluding hydrogens is 456 g/mol. The molecule has 3 aromatic heterocycles. The van der Waals surface area contributed by atoms with E-state index in [1.165, 1.54) is 17.8 Å². The van der Waals surface area contributed by atoms with Crippen LogP contribution in [0.5, 0.6) is 0 Å². The number of alkyl halides is 3. The van der Waals surface area contributed by atoms with Crippen molar-refractivity contribution in [3.63, 3.8) is 0 Å². The molecule has 1 N–H and O–H groups in total. The molecule has 0 fully saturated rings. The number of aromatic nitrogens is 5. The van der Waals surface area contributed by atoms with Gasteiger partial charge in [-0.3, -0.25) is 9.48 Å². The third kappa shape index (κ3) is 4.49. The van der Waals surface area contributed by atoms with E-state index in [-0.39, 0.29) is 27.9 Å². The van der Waals surface area contributed by atoms with Crippen molar-refractivity contribution in [2.24, 2.45) is 0 Å². The lowest BCUT2D eigenvalue weighted by Gasteiger charge is -2.09. The average Bonchev–Trinajstić information content (AvgIpc) is 3.25. The van der Waals surface area contributed by atoms with Crippen LogP contribution in [-0.2, 0) is 12.7 Å². The molecule has 0 atom stereocenters. The van der Waals surface area contributed by atoms with Gasteiger partial charge in [0.2, 0.25) is 0 Å². The molecule has 0 unspecified atom stereocenters. The first-order chi connectivity index (χ1) is 14.6. The van der Waals surface area contributed by atoms with E-state index in [0.29, 0.717) is 16.1 Å². The lowest BCUT2D eigenvalue weighted by atomic mass is 10.2. The van der Waals surface area contributed by atoms with Crippen LogP contribution in [-0.4, -0.2) is 30.3 Å². The van der Waals surface area contributed by atoms with Gasteiger partial charge in [0, 0.05) is 23.0 Å². The van der Waals surface area contributed by atoms with Crippen LogP contribution in [0.2, 0.25) is 10.0 Å². The van der Waals surface area contributed by atoms with E-state index in [1.54, 1.807) is 12.1 Å². The van der Waals surface area contributed by atoms with Crippen molar-refractivity contribution in [3.05, 3.63) is 75.3 Å². The fraction of sp³-hybridized carbons (Fsp3) is 0.158. The summed E-state index contributed by atoms with van der Waals surface area (Å²) in [6.45, 7) is 1.80. The summed E-state index contributed by atoms with van der Waals surface area (Å²) in [4.78, 5) is 16.6. The van der Waals surface area contributed by atoms with Gasteiger partial charge in [0.25, 0.3) is 5.91 Å². The highest BCUT2D eigenvalue weighted by molar-refractivity contribution is 6.33. The van der Waals surface area contributed by atoms with Crippen molar-refractivity contribution in [3.8, 4) is 0 Å². The Balaban J connectivity index is 1.58. The third-order valence-electron chi connectivity index (χ3n) is 4.29. The number of benzene rings is 1. The normalized spacial score (nSPS) is 11.8. The summed E-state index contributed by atoms with van der Waals surface area (Å²) in [5.74, 6) is -0.715. The van der Waals surface area contributed by atoms with E-state index in [0.717, 1.165) is 17.7 Å². The highest BCUT2D eigenvalue weighted by Gasteiger charge is 2.35. The second-order valence-electron chi connectivity index (χ2n) is 6.68. The summed E-state index contributed by atoms with van der Waals surface area (Å²) >= 11 is 12.0. The third-order valence-corrected chi connectivity index (χ3v) is 4.81. The van der Waals surface area contributed by atoms with Gasteiger partial charge in [-0.25, -0.2) is 9.50 Å². The first-order valence-corrected chi connectivity index (χ1v) is 9.59. The molecule has 1 amide bonds. The highest BCUT2D eigenvalue weighted by atomic mass is 35.5. The largest absolute Gasteiger partial charge is 0.433 e. The molecule has 0 spiro atoms. The Morgan fingerprint density at radius 1 is 1.13 bits per heavy atom. The number of hydrogen-bond donors (Lipinski definition) is 1. The van der Waals surface area contributed by atoms with E-state index < -0.39 is 17.8 Å². The predicted octanol–water partition coefficient (Wildman–Crippen LogP) is 4.86. The zero-order valence-corrected chi connectivity index (χ0v) is 17.3. The minimum atomic E-state index is -4.66. The van der Waals surface area contributed by atoms with Crippen LogP contribution in [0.1, 0.15) is 27.4 Å². The monoisotopic (exact) mass is 468 g/mol. The van der Waals surface area contributed by atoms with Gasteiger partial charge in [0.05, 0.1) is 6.54 Å². The molecular formula is C19H13Cl2F3N6O. The molecule has 0 bridgehead atoms. The molecule has 0 aliphatic carbocycles. The van der Waals surface area contributed by atoms with Crippen molar-refractivity contribution in [1.29, 1.82) is 0 Å². The Morgan fingerprint density at radius 3 is 2.52 bits per heavy atom. The van der Waals surface area contributed by atoms with Gasteiger partial charge in [-0.2, -0.15) is 23.4 Å². The molecule has 3 heterocycles. The van der Waals surface area contributed by atoms with Gasteiger partial charge in [-0.05, 0) is 30.7 Å². The van der Waals surface area contributed by atoms with Crippen molar-refractivity contribution in [1.82, 2.24) is 24.4 Å². The molecule has 0 saturated heterocycles. The summed E-state index contributed by atoms with van der Waals surface area (Å²) in [7, 11) is 0. The van der Waals surface area contributed by atoms with Gasteiger partial charge in [-0.1, -0.05) is 35.3 Å². The number of halogens is 5. The minimum absolute atomic E-state index is 0.0536. The molecule has 160 valence electrons. The Morgan fingerprint density at radius 2 is 1.84 bits per heavy atom. The molecule has 4 aromatic rings. The summed E-state index contributed by atoms with van der Waals surface area (Å²) in [5.41, 5.74) is -0.332. The Labute approximate surface area is 183 Å². The number of hydrogen-bond acceptors (Lipinski definition) is 4. The number of carbonyl (C=O) groups excluding carboxylic acids is 1. The van der Waals surface area contributed by atoms with Crippen LogP contribution >= 0.6 is 23.2 Å². The average molecular weight is 469 g/mol. The second-order valence-corrected chi connectivity index (χ2v) is 7.53. The molecule has 4 rings (SSSR count). The van der Waals surface area contributed by atoms with E-state index in [2.05, 4.69) is 20.5 Å². The van der Waals surface area contributed by atoms with Gasteiger partial charge < -0.3 is 5.32 Å². The maximum Gasteiger partial charge on any atom is 0.433 e. The van der Waals surface area contributed by atoms with Crippen molar-refractivity contribution in [2.75, 3.05) is 5.32 Å². The van der Waals surface area contributed by atoms with Gasteiger partial charge in [0.1, 0.15) is 10.7 Å². The van der Waals surface area contributed by atoms with E-state index >= 15 is 0 Å². The predicted molar refractivity (Wildman–Crippen MR) is 108 cm³/mol. The number of nitrogens with one attached hydrogen (secondary N) is 1. The quantitative estimate of drug-likeness (QED) is 0.463. The fourth-order valence-corrected chi connectivity index (χ4v) is 3.25. The van der Waals surface area contributed by atoms with Gasteiger partial charge in [0.15, 0.2) is 17.2 Å². The fourth-order valence-electron chi connectivity index (χ4n) is 2.92. The van der Waals surface area contributed by atoms with Crippen LogP contribution < -0.4 is 5.32 Å². The van der Waals surface area contributed by atoms with Crippen LogP contribution in [0.4, 0.5) is 19.0 Å². The molecule has 0 aliphatic heterocycles. The lowest BCUT2D eigenvalue weighted by molar-refractivity contribution is -0.142. The second kappa shape index (κ2) is 7.86. The number of rotatable bonds is 4. The SMILES string of the molecule is Cc1cc(C(F)(F)F)n2nc(C(=O)Nc3nn(Cc4ccc(Cl)cc4)cc3Cl)cc2n1. The topological polar surface area (TPSA) is 77.1 Å². The molecule has 0 aliphatic rings. The van der Waals surface area contributed by atoms with Gasteiger partial charge in [-0.15, -0.1) is 0 Å². The Bertz CT molecular complexity index is 1280. The molecule has 12 heteroatoms. The molecule has 0 radical (unpaired) electrons.